The van der Waals surface area contributed by atoms with Crippen molar-refractivity contribution in [2.24, 2.45) is 0 Å². The minimum absolute atomic E-state index is 0.149. The molecule has 35 heavy (non-hydrogen) atoms. The van der Waals surface area contributed by atoms with Gasteiger partial charge in [0.05, 0.1) is 28.2 Å². The van der Waals surface area contributed by atoms with Crippen LogP contribution in [0, 0.1) is 0 Å². The molecule has 0 saturated heterocycles. The molecule has 4 rings (SSSR count). The Kier molecular flexibility index (Phi) is 7.92. The zero-order valence-electron chi connectivity index (χ0n) is 18.9. The van der Waals surface area contributed by atoms with Crippen molar-refractivity contribution >= 4 is 39.9 Å². The zero-order chi connectivity index (χ0) is 24.6. The molecule has 0 spiro atoms. The number of halogens is 1. The van der Waals surface area contributed by atoms with Gasteiger partial charge in [-0.15, -0.1) is 0 Å². The molecule has 0 fully saturated rings. The zero-order valence-corrected chi connectivity index (χ0v) is 19.7. The van der Waals surface area contributed by atoms with Crippen LogP contribution in [0.25, 0.3) is 10.9 Å². The number of hydrogen-bond donors (Lipinski definition) is 3. The average Bonchev–Trinajstić information content (AvgIpc) is 2.87. The highest BCUT2D eigenvalue weighted by molar-refractivity contribution is 6.32. The van der Waals surface area contributed by atoms with Crippen molar-refractivity contribution in [1.29, 1.82) is 0 Å². The molecule has 1 unspecified atom stereocenters. The molecule has 0 aliphatic heterocycles. The van der Waals surface area contributed by atoms with Crippen molar-refractivity contribution in [2.75, 3.05) is 18.5 Å². The Morgan fingerprint density at radius 1 is 1.09 bits per heavy atom. The van der Waals surface area contributed by atoms with Crippen LogP contribution in [0.4, 0.5) is 11.5 Å². The van der Waals surface area contributed by atoms with Crippen LogP contribution in [0.3, 0.4) is 0 Å². The largest absolute Gasteiger partial charge is 0.486 e. The van der Waals surface area contributed by atoms with Crippen LogP contribution in [0.15, 0.2) is 67.1 Å². The molecule has 0 radical (unpaired) electrons. The number of aliphatic hydroxyl groups is 1. The minimum Gasteiger partial charge on any atom is -0.486 e. The second kappa shape index (κ2) is 11.5. The number of rotatable bonds is 10. The van der Waals surface area contributed by atoms with Crippen LogP contribution in [0.2, 0.25) is 5.02 Å². The lowest BCUT2D eigenvalue weighted by Gasteiger charge is -2.17. The standard InChI is InChI=1S/C25H24ClN5O4/c1-16(25(33)28-11-12-32)35-22-7-4-6-20-23(22)24(30-15-29-20)31-17-8-9-21(19(26)13-17)34-14-18-5-2-3-10-27-18/h2-10,13,15-16,32H,11-12,14H2,1H3,(H,28,33)(H,29,30,31). The number of carbonyl (C=O) groups excluding carboxylic acids is 1. The van der Waals surface area contributed by atoms with Crippen LogP contribution in [-0.2, 0) is 11.4 Å². The second-order valence-corrected chi connectivity index (χ2v) is 7.93. The number of fused-ring (bicyclic) bond motifs is 1. The van der Waals surface area contributed by atoms with Gasteiger partial charge in [-0.1, -0.05) is 23.7 Å². The molecule has 1 atom stereocenters. The number of anilines is 2. The average molecular weight is 494 g/mol. The Morgan fingerprint density at radius 2 is 1.97 bits per heavy atom. The molecule has 10 heteroatoms. The van der Waals surface area contributed by atoms with Crippen molar-refractivity contribution in [3.05, 3.63) is 77.8 Å². The summed E-state index contributed by atoms with van der Waals surface area (Å²) in [6.07, 6.45) is 2.36. The van der Waals surface area contributed by atoms with E-state index in [1.165, 1.54) is 6.33 Å². The molecule has 0 bridgehead atoms. The van der Waals surface area contributed by atoms with Gasteiger partial charge in [0.25, 0.3) is 5.91 Å². The summed E-state index contributed by atoms with van der Waals surface area (Å²) in [5, 5.41) is 15.8. The van der Waals surface area contributed by atoms with Crippen LogP contribution in [-0.4, -0.2) is 45.2 Å². The molecule has 4 aromatic rings. The van der Waals surface area contributed by atoms with Gasteiger partial charge < -0.3 is 25.2 Å². The van der Waals surface area contributed by atoms with E-state index in [1.807, 2.05) is 30.3 Å². The summed E-state index contributed by atoms with van der Waals surface area (Å²) in [4.78, 5) is 25.1. The van der Waals surface area contributed by atoms with Gasteiger partial charge in [0.2, 0.25) is 0 Å². The van der Waals surface area contributed by atoms with E-state index in [2.05, 4.69) is 25.6 Å². The number of nitrogens with one attached hydrogen (secondary N) is 2. The van der Waals surface area contributed by atoms with Crippen molar-refractivity contribution in [1.82, 2.24) is 20.3 Å². The molecule has 180 valence electrons. The summed E-state index contributed by atoms with van der Waals surface area (Å²) in [6.45, 7) is 1.94. The first kappa shape index (κ1) is 24.2. The number of aliphatic hydroxyl groups excluding tert-OH is 1. The highest BCUT2D eigenvalue weighted by atomic mass is 35.5. The summed E-state index contributed by atoms with van der Waals surface area (Å²) < 4.78 is 11.7. The number of aromatic nitrogens is 3. The van der Waals surface area contributed by atoms with E-state index in [4.69, 9.17) is 26.2 Å². The predicted octanol–water partition coefficient (Wildman–Crippen LogP) is 3.88. The smallest absolute Gasteiger partial charge is 0.260 e. The molecule has 0 aliphatic carbocycles. The highest BCUT2D eigenvalue weighted by Crippen LogP contribution is 2.34. The quantitative estimate of drug-likeness (QED) is 0.304. The van der Waals surface area contributed by atoms with Crippen molar-refractivity contribution in [3.8, 4) is 11.5 Å². The number of amides is 1. The molecule has 3 N–H and O–H groups in total. The van der Waals surface area contributed by atoms with Gasteiger partial charge in [-0.3, -0.25) is 9.78 Å². The third-order valence-electron chi connectivity index (χ3n) is 5.01. The van der Waals surface area contributed by atoms with Crippen molar-refractivity contribution in [2.45, 2.75) is 19.6 Å². The Balaban J connectivity index is 1.54. The van der Waals surface area contributed by atoms with Crippen LogP contribution >= 0.6 is 11.6 Å². The van der Waals surface area contributed by atoms with E-state index in [0.717, 1.165) is 5.69 Å². The van der Waals surface area contributed by atoms with Gasteiger partial charge in [-0.2, -0.15) is 0 Å². The molecule has 9 nitrogen and oxygen atoms in total. The Hall–Kier alpha value is -3.95. The molecule has 1 amide bonds. The minimum atomic E-state index is -0.787. The lowest BCUT2D eigenvalue weighted by molar-refractivity contribution is -0.127. The van der Waals surface area contributed by atoms with Gasteiger partial charge in [0.15, 0.2) is 6.10 Å². The van der Waals surface area contributed by atoms with E-state index in [9.17, 15) is 4.79 Å². The summed E-state index contributed by atoms with van der Waals surface area (Å²) in [5.74, 6) is 1.13. The predicted molar refractivity (Wildman–Crippen MR) is 133 cm³/mol. The van der Waals surface area contributed by atoms with Crippen LogP contribution in [0.1, 0.15) is 12.6 Å². The first-order chi connectivity index (χ1) is 17.0. The fourth-order valence-corrected chi connectivity index (χ4v) is 3.54. The summed E-state index contributed by atoms with van der Waals surface area (Å²) in [7, 11) is 0. The Bertz CT molecular complexity index is 1300. The molecular weight excluding hydrogens is 470 g/mol. The van der Waals surface area contributed by atoms with E-state index < -0.39 is 6.10 Å². The van der Waals surface area contributed by atoms with Gasteiger partial charge in [0.1, 0.15) is 30.3 Å². The normalized spacial score (nSPS) is 11.6. The lowest BCUT2D eigenvalue weighted by atomic mass is 10.2. The first-order valence-corrected chi connectivity index (χ1v) is 11.3. The second-order valence-electron chi connectivity index (χ2n) is 7.53. The molecule has 2 aromatic heterocycles. The Morgan fingerprint density at radius 3 is 2.74 bits per heavy atom. The third-order valence-corrected chi connectivity index (χ3v) is 5.30. The topological polar surface area (TPSA) is 118 Å². The maximum Gasteiger partial charge on any atom is 0.260 e. The Labute approximate surface area is 207 Å². The summed E-state index contributed by atoms with van der Waals surface area (Å²) in [5.41, 5.74) is 2.12. The molecule has 2 aromatic carbocycles. The first-order valence-electron chi connectivity index (χ1n) is 10.9. The van der Waals surface area contributed by atoms with Crippen molar-refractivity contribution in [3.63, 3.8) is 0 Å². The van der Waals surface area contributed by atoms with E-state index >= 15 is 0 Å². The number of hydrogen-bond acceptors (Lipinski definition) is 8. The maximum absolute atomic E-state index is 12.2. The van der Waals surface area contributed by atoms with E-state index in [-0.39, 0.29) is 19.1 Å². The molecule has 0 aliphatic rings. The number of pyridine rings is 1. The molecule has 0 saturated carbocycles. The SMILES string of the molecule is CC(Oc1cccc2ncnc(Nc3ccc(OCc4ccccn4)c(Cl)c3)c12)C(=O)NCCO. The van der Waals surface area contributed by atoms with Crippen LogP contribution < -0.4 is 20.1 Å². The van der Waals surface area contributed by atoms with Gasteiger partial charge in [-0.25, -0.2) is 9.97 Å². The monoisotopic (exact) mass is 493 g/mol. The fourth-order valence-electron chi connectivity index (χ4n) is 3.31. The summed E-state index contributed by atoms with van der Waals surface area (Å²) >= 11 is 6.45. The number of ether oxygens (including phenoxy) is 2. The molecule has 2 heterocycles. The van der Waals surface area contributed by atoms with Gasteiger partial charge in [0, 0.05) is 18.4 Å². The summed E-state index contributed by atoms with van der Waals surface area (Å²) in [6, 6.07) is 16.3. The number of carbonyl (C=O) groups is 1. The fraction of sp³-hybridized carbons (Fsp3) is 0.200. The third kappa shape index (κ3) is 6.14. The van der Waals surface area contributed by atoms with Gasteiger partial charge >= 0.3 is 0 Å². The maximum atomic E-state index is 12.2. The van der Waals surface area contributed by atoms with Crippen molar-refractivity contribution < 1.29 is 19.4 Å². The number of nitrogens with zero attached hydrogens (tertiary/aromatic N) is 3. The van der Waals surface area contributed by atoms with Crippen LogP contribution in [0.5, 0.6) is 11.5 Å². The van der Waals surface area contributed by atoms with E-state index in [0.29, 0.717) is 45.5 Å². The molecular formula is C25H24ClN5O4. The van der Waals surface area contributed by atoms with Gasteiger partial charge in [-0.05, 0) is 49.4 Å². The highest BCUT2D eigenvalue weighted by Gasteiger charge is 2.18. The lowest BCUT2D eigenvalue weighted by Crippen LogP contribution is -2.37. The van der Waals surface area contributed by atoms with E-state index in [1.54, 1.807) is 37.4 Å². The number of benzene rings is 2.